The Morgan fingerprint density at radius 2 is 2.10 bits per heavy atom. The minimum atomic E-state index is -1.33. The number of carbonyl (C=O) groups is 1. The molecule has 8 heteroatoms. The van der Waals surface area contributed by atoms with Crippen LogP contribution in [0.15, 0.2) is 22.1 Å². The molecule has 2 fully saturated rings. The summed E-state index contributed by atoms with van der Waals surface area (Å²) in [6, 6.07) is 1.76. The normalized spacial score (nSPS) is 19.9. The zero-order valence-electron chi connectivity index (χ0n) is 16.6. The van der Waals surface area contributed by atoms with Crippen LogP contribution in [0, 0.1) is 11.7 Å². The Morgan fingerprint density at radius 3 is 2.72 bits per heavy atom. The fraction of sp³-hybridized carbons (Fsp3) is 0.476. The first-order valence-corrected chi connectivity index (χ1v) is 9.99. The highest BCUT2D eigenvalue weighted by atomic mass is 19.1. The van der Waals surface area contributed by atoms with Crippen LogP contribution >= 0.6 is 0 Å². The standard InChI is InChI=1S/C21H25FN4O3/c1-3-24-11(2)12-6-7-25(9-12)16-8-15-17(19(23)18(16)22)20(27)14(21(28)29)10-26(15)13-4-5-13/h8,10,12-13H,3-7,9,23H2,1-2H3,(H,28,29). The van der Waals surface area contributed by atoms with Crippen LogP contribution in [0.1, 0.15) is 49.5 Å². The van der Waals surface area contributed by atoms with Gasteiger partial charge in [0, 0.05) is 43.5 Å². The van der Waals surface area contributed by atoms with E-state index in [1.54, 1.807) is 10.6 Å². The van der Waals surface area contributed by atoms with Gasteiger partial charge in [-0.3, -0.25) is 9.79 Å². The number of hydrogen-bond acceptors (Lipinski definition) is 5. The molecule has 1 saturated heterocycles. The van der Waals surface area contributed by atoms with Gasteiger partial charge in [-0.25, -0.2) is 9.18 Å². The highest BCUT2D eigenvalue weighted by molar-refractivity contribution is 5.99. The first kappa shape index (κ1) is 19.4. The van der Waals surface area contributed by atoms with E-state index in [1.165, 1.54) is 6.20 Å². The van der Waals surface area contributed by atoms with E-state index in [4.69, 9.17) is 5.73 Å². The molecule has 0 spiro atoms. The minimum absolute atomic E-state index is 0.0440. The summed E-state index contributed by atoms with van der Waals surface area (Å²) in [6.07, 6.45) is 4.03. The number of aromatic nitrogens is 1. The van der Waals surface area contributed by atoms with Gasteiger partial charge in [0.05, 0.1) is 22.3 Å². The molecule has 0 bridgehead atoms. The van der Waals surface area contributed by atoms with Crippen LogP contribution in [0.4, 0.5) is 15.8 Å². The molecule has 1 saturated carbocycles. The van der Waals surface area contributed by atoms with Gasteiger partial charge in [0.2, 0.25) is 5.43 Å². The topological polar surface area (TPSA) is 101 Å². The number of pyridine rings is 1. The Kier molecular flexibility index (Phi) is 4.80. The third kappa shape index (κ3) is 3.26. The summed E-state index contributed by atoms with van der Waals surface area (Å²) in [4.78, 5) is 30.7. The van der Waals surface area contributed by atoms with Crippen molar-refractivity contribution in [1.82, 2.24) is 4.57 Å². The molecule has 1 aliphatic heterocycles. The predicted molar refractivity (Wildman–Crippen MR) is 112 cm³/mol. The molecule has 1 unspecified atom stereocenters. The largest absolute Gasteiger partial charge is 0.477 e. The summed E-state index contributed by atoms with van der Waals surface area (Å²) in [5.41, 5.74) is 6.58. The van der Waals surface area contributed by atoms with Crippen LogP contribution in [0.2, 0.25) is 0 Å². The van der Waals surface area contributed by atoms with Crippen molar-refractivity contribution in [2.75, 3.05) is 30.3 Å². The van der Waals surface area contributed by atoms with E-state index in [2.05, 4.69) is 4.99 Å². The molecule has 4 rings (SSSR count). The number of fused-ring (bicyclic) bond motifs is 1. The smallest absolute Gasteiger partial charge is 0.341 e. The lowest BCUT2D eigenvalue weighted by Gasteiger charge is -2.22. The van der Waals surface area contributed by atoms with Crippen molar-refractivity contribution in [3.8, 4) is 0 Å². The number of nitrogens with two attached hydrogens (primary N) is 1. The monoisotopic (exact) mass is 400 g/mol. The molecule has 29 heavy (non-hydrogen) atoms. The van der Waals surface area contributed by atoms with Gasteiger partial charge in [-0.05, 0) is 39.2 Å². The Bertz CT molecular complexity index is 1090. The fourth-order valence-electron chi connectivity index (χ4n) is 4.23. The molecule has 7 nitrogen and oxygen atoms in total. The maximum atomic E-state index is 15.2. The van der Waals surface area contributed by atoms with Crippen molar-refractivity contribution >= 4 is 34.0 Å². The molecule has 1 aromatic heterocycles. The number of hydrogen-bond donors (Lipinski definition) is 2. The van der Waals surface area contributed by atoms with E-state index in [9.17, 15) is 14.7 Å². The van der Waals surface area contributed by atoms with Gasteiger partial charge in [0.25, 0.3) is 0 Å². The summed E-state index contributed by atoms with van der Waals surface area (Å²) in [7, 11) is 0. The Morgan fingerprint density at radius 1 is 1.38 bits per heavy atom. The average molecular weight is 400 g/mol. The van der Waals surface area contributed by atoms with E-state index in [1.807, 2.05) is 18.7 Å². The third-order valence-corrected chi connectivity index (χ3v) is 5.98. The van der Waals surface area contributed by atoms with E-state index in [0.717, 1.165) is 31.5 Å². The number of carboxylic acids is 1. The lowest BCUT2D eigenvalue weighted by molar-refractivity contribution is 0.0695. The number of nitrogens with zero attached hydrogens (tertiary/aromatic N) is 3. The van der Waals surface area contributed by atoms with Crippen LogP contribution in [0.5, 0.6) is 0 Å². The first-order chi connectivity index (χ1) is 13.8. The second-order valence-electron chi connectivity index (χ2n) is 7.88. The minimum Gasteiger partial charge on any atom is -0.477 e. The maximum Gasteiger partial charge on any atom is 0.341 e. The van der Waals surface area contributed by atoms with Crippen molar-refractivity contribution in [1.29, 1.82) is 0 Å². The molecule has 2 aromatic rings. The second kappa shape index (κ2) is 7.17. The maximum absolute atomic E-state index is 15.2. The molecule has 1 atom stereocenters. The third-order valence-electron chi connectivity index (χ3n) is 5.98. The Balaban J connectivity index is 1.86. The van der Waals surface area contributed by atoms with Gasteiger partial charge in [-0.15, -0.1) is 0 Å². The predicted octanol–water partition coefficient (Wildman–Crippen LogP) is 3.06. The SMILES string of the molecule is CCN=C(C)C1CCN(c2cc3c(c(N)c2F)c(=O)c(C(=O)O)cn3C2CC2)C1. The lowest BCUT2D eigenvalue weighted by atomic mass is 10.0. The highest BCUT2D eigenvalue weighted by Gasteiger charge is 2.31. The number of aliphatic imine (C=N–C) groups is 1. The lowest BCUT2D eigenvalue weighted by Crippen LogP contribution is -2.25. The average Bonchev–Trinajstić information content (AvgIpc) is 3.40. The van der Waals surface area contributed by atoms with E-state index < -0.39 is 17.2 Å². The van der Waals surface area contributed by atoms with Crippen LogP contribution in [0.3, 0.4) is 0 Å². The van der Waals surface area contributed by atoms with Gasteiger partial charge in [0.1, 0.15) is 5.56 Å². The van der Waals surface area contributed by atoms with Gasteiger partial charge in [0.15, 0.2) is 5.82 Å². The molecule has 1 aromatic carbocycles. The summed E-state index contributed by atoms with van der Waals surface area (Å²) < 4.78 is 17.0. The number of aromatic carboxylic acids is 1. The van der Waals surface area contributed by atoms with Crippen molar-refractivity contribution in [3.05, 3.63) is 33.9 Å². The van der Waals surface area contributed by atoms with Crippen LogP contribution < -0.4 is 16.1 Å². The molecule has 0 radical (unpaired) electrons. The summed E-state index contributed by atoms with van der Waals surface area (Å²) in [6.45, 7) is 6.02. The molecule has 2 aliphatic rings. The van der Waals surface area contributed by atoms with Gasteiger partial charge in [-0.2, -0.15) is 0 Å². The van der Waals surface area contributed by atoms with Gasteiger partial charge >= 0.3 is 5.97 Å². The number of halogens is 1. The summed E-state index contributed by atoms with van der Waals surface area (Å²) in [5, 5.41) is 9.35. The van der Waals surface area contributed by atoms with Crippen LogP contribution in [0.25, 0.3) is 10.9 Å². The van der Waals surface area contributed by atoms with Gasteiger partial charge in [-0.1, -0.05) is 0 Å². The number of nitrogen functional groups attached to an aromatic ring is 1. The van der Waals surface area contributed by atoms with E-state index in [0.29, 0.717) is 24.3 Å². The molecule has 3 N–H and O–H groups in total. The number of benzene rings is 1. The first-order valence-electron chi connectivity index (χ1n) is 9.99. The van der Waals surface area contributed by atoms with Crippen molar-refractivity contribution in [2.24, 2.45) is 10.9 Å². The molecular weight excluding hydrogens is 375 g/mol. The van der Waals surface area contributed by atoms with Gasteiger partial charge < -0.3 is 20.3 Å². The quantitative estimate of drug-likeness (QED) is 0.593. The summed E-state index contributed by atoms with van der Waals surface area (Å²) in [5.74, 6) is -1.74. The van der Waals surface area contributed by atoms with Crippen molar-refractivity contribution in [3.63, 3.8) is 0 Å². The number of rotatable bonds is 5. The second-order valence-corrected chi connectivity index (χ2v) is 7.88. The number of carboxylic acid groups (broad SMARTS) is 1. The highest BCUT2D eigenvalue weighted by Crippen LogP contribution is 2.40. The Labute approximate surface area is 167 Å². The molecule has 2 heterocycles. The summed E-state index contributed by atoms with van der Waals surface area (Å²) >= 11 is 0. The zero-order chi connectivity index (χ0) is 20.9. The molecule has 154 valence electrons. The molecular formula is C21H25FN4O3. The zero-order valence-corrected chi connectivity index (χ0v) is 16.6. The fourth-order valence-corrected chi connectivity index (χ4v) is 4.23. The molecule has 1 aliphatic carbocycles. The Hall–Kier alpha value is -2.90. The molecule has 0 amide bonds. The number of anilines is 2. The van der Waals surface area contributed by atoms with Crippen molar-refractivity contribution < 1.29 is 14.3 Å². The van der Waals surface area contributed by atoms with E-state index in [-0.39, 0.29) is 28.6 Å². The van der Waals surface area contributed by atoms with Crippen LogP contribution in [-0.4, -0.2) is 41.0 Å². The van der Waals surface area contributed by atoms with Crippen molar-refractivity contribution in [2.45, 2.75) is 39.2 Å². The van der Waals surface area contributed by atoms with Crippen LogP contribution in [-0.2, 0) is 0 Å². The van der Waals surface area contributed by atoms with E-state index >= 15 is 4.39 Å².